The monoisotopic (exact) mass is 249 g/mol. The van der Waals surface area contributed by atoms with E-state index in [4.69, 9.17) is 0 Å². The van der Waals surface area contributed by atoms with Crippen molar-refractivity contribution in [1.29, 1.82) is 0 Å². The zero-order valence-electron chi connectivity index (χ0n) is 9.29. The first kappa shape index (κ1) is 13.6. The third-order valence-electron chi connectivity index (χ3n) is 2.08. The molecule has 0 fully saturated rings. The van der Waals surface area contributed by atoms with Gasteiger partial charge in [-0.15, -0.1) is 13.2 Å². The molecule has 0 aromatic heterocycles. The minimum absolute atomic E-state index is 0.284. The second-order valence-electron chi connectivity index (χ2n) is 3.52. The molecule has 6 heteroatoms. The molecule has 0 heterocycles. The van der Waals surface area contributed by atoms with Crippen LogP contribution in [0.15, 0.2) is 24.3 Å². The number of ether oxygens (including phenoxy) is 1. The Kier molecular flexibility index (Phi) is 4.62. The summed E-state index contributed by atoms with van der Waals surface area (Å²) in [5.74, 6) is -0.284. The van der Waals surface area contributed by atoms with E-state index in [2.05, 4.69) is 10.1 Å². The summed E-state index contributed by atoms with van der Waals surface area (Å²) in [5, 5.41) is 12.1. The van der Waals surface area contributed by atoms with Crippen molar-refractivity contribution in [3.05, 3.63) is 24.3 Å². The van der Waals surface area contributed by atoms with Crippen molar-refractivity contribution in [3.63, 3.8) is 0 Å². The fourth-order valence-electron chi connectivity index (χ4n) is 1.18. The molecule has 1 atom stereocenters. The predicted molar refractivity (Wildman–Crippen MR) is 57.9 cm³/mol. The number of hydrogen-bond acceptors (Lipinski definition) is 3. The van der Waals surface area contributed by atoms with Gasteiger partial charge in [-0.3, -0.25) is 0 Å². The average molecular weight is 249 g/mol. The number of aliphatic hydroxyl groups excluding tert-OH is 1. The van der Waals surface area contributed by atoms with Gasteiger partial charge in [-0.25, -0.2) is 0 Å². The second kappa shape index (κ2) is 5.77. The fourth-order valence-corrected chi connectivity index (χ4v) is 1.18. The highest BCUT2D eigenvalue weighted by molar-refractivity contribution is 5.48. The highest BCUT2D eigenvalue weighted by Gasteiger charge is 2.31. The van der Waals surface area contributed by atoms with Gasteiger partial charge in [-0.1, -0.05) is 13.0 Å². The number of halogens is 3. The summed E-state index contributed by atoms with van der Waals surface area (Å²) in [6.07, 6.45) is -4.64. The van der Waals surface area contributed by atoms with Crippen LogP contribution in [0.2, 0.25) is 0 Å². The van der Waals surface area contributed by atoms with Crippen LogP contribution in [-0.4, -0.2) is 24.1 Å². The molecular weight excluding hydrogens is 235 g/mol. The van der Waals surface area contributed by atoms with Gasteiger partial charge >= 0.3 is 6.36 Å². The van der Waals surface area contributed by atoms with Gasteiger partial charge in [0.15, 0.2) is 0 Å². The summed E-state index contributed by atoms with van der Waals surface area (Å²) in [4.78, 5) is 0. The maximum Gasteiger partial charge on any atom is 0.573 e. The lowest BCUT2D eigenvalue weighted by atomic mass is 10.2. The van der Waals surface area contributed by atoms with Crippen molar-refractivity contribution in [2.75, 3.05) is 11.9 Å². The largest absolute Gasteiger partial charge is 0.573 e. The Morgan fingerprint density at radius 1 is 1.41 bits per heavy atom. The molecule has 0 spiro atoms. The molecule has 1 aromatic rings. The van der Waals surface area contributed by atoms with Gasteiger partial charge in [0.2, 0.25) is 0 Å². The number of hydrogen-bond donors (Lipinski definition) is 2. The van der Waals surface area contributed by atoms with Gasteiger partial charge in [0.25, 0.3) is 0 Å². The van der Waals surface area contributed by atoms with Crippen LogP contribution in [0, 0.1) is 0 Å². The Morgan fingerprint density at radius 3 is 2.71 bits per heavy atom. The summed E-state index contributed by atoms with van der Waals surface area (Å²) in [6.45, 7) is 2.10. The van der Waals surface area contributed by atoms with Crippen LogP contribution in [0.3, 0.4) is 0 Å². The molecule has 2 N–H and O–H groups in total. The highest BCUT2D eigenvalue weighted by Crippen LogP contribution is 2.24. The maximum atomic E-state index is 12.0. The number of nitrogens with one attached hydrogen (secondary N) is 1. The summed E-state index contributed by atoms with van der Waals surface area (Å²) < 4.78 is 39.7. The quantitative estimate of drug-likeness (QED) is 0.843. The molecule has 1 rings (SSSR count). The summed E-state index contributed by atoms with van der Waals surface area (Å²) in [7, 11) is 0. The van der Waals surface area contributed by atoms with E-state index in [0.717, 1.165) is 0 Å². The smallest absolute Gasteiger partial charge is 0.406 e. The normalized spacial score (nSPS) is 13.2. The molecule has 3 nitrogen and oxygen atoms in total. The molecule has 0 radical (unpaired) electrons. The first-order valence-corrected chi connectivity index (χ1v) is 5.18. The van der Waals surface area contributed by atoms with Gasteiger partial charge in [0.1, 0.15) is 5.75 Å². The van der Waals surface area contributed by atoms with Crippen molar-refractivity contribution in [2.45, 2.75) is 25.8 Å². The third-order valence-corrected chi connectivity index (χ3v) is 2.08. The highest BCUT2D eigenvalue weighted by atomic mass is 19.4. The van der Waals surface area contributed by atoms with Gasteiger partial charge < -0.3 is 15.2 Å². The van der Waals surface area contributed by atoms with E-state index in [-0.39, 0.29) is 12.3 Å². The number of benzene rings is 1. The minimum atomic E-state index is -4.69. The van der Waals surface area contributed by atoms with E-state index < -0.39 is 12.5 Å². The van der Waals surface area contributed by atoms with Crippen LogP contribution in [0.5, 0.6) is 5.75 Å². The van der Waals surface area contributed by atoms with Gasteiger partial charge in [-0.2, -0.15) is 0 Å². The molecule has 0 bridgehead atoms. The predicted octanol–water partition coefficient (Wildman–Crippen LogP) is 2.77. The molecule has 0 aliphatic rings. The zero-order chi connectivity index (χ0) is 12.9. The van der Waals surface area contributed by atoms with Crippen LogP contribution in [0.4, 0.5) is 18.9 Å². The summed E-state index contributed by atoms with van der Waals surface area (Å²) in [5.41, 5.74) is 0.472. The van der Waals surface area contributed by atoms with Crippen LogP contribution in [-0.2, 0) is 0 Å². The van der Waals surface area contributed by atoms with E-state index in [9.17, 15) is 18.3 Å². The summed E-state index contributed by atoms with van der Waals surface area (Å²) in [6, 6.07) is 5.50. The molecule has 0 aliphatic heterocycles. The zero-order valence-corrected chi connectivity index (χ0v) is 9.29. The third kappa shape index (κ3) is 5.44. The van der Waals surface area contributed by atoms with Crippen LogP contribution < -0.4 is 10.1 Å². The topological polar surface area (TPSA) is 41.5 Å². The first-order chi connectivity index (χ1) is 7.90. The lowest BCUT2D eigenvalue weighted by Crippen LogP contribution is -2.19. The molecule has 17 heavy (non-hydrogen) atoms. The van der Waals surface area contributed by atoms with E-state index in [1.54, 1.807) is 6.07 Å². The Morgan fingerprint density at radius 2 is 2.12 bits per heavy atom. The van der Waals surface area contributed by atoms with Crippen LogP contribution >= 0.6 is 0 Å². The van der Waals surface area contributed by atoms with Crippen molar-refractivity contribution in [2.24, 2.45) is 0 Å². The van der Waals surface area contributed by atoms with Crippen molar-refractivity contribution < 1.29 is 23.0 Å². The maximum absolute atomic E-state index is 12.0. The number of alkyl halides is 3. The molecule has 1 aromatic carbocycles. The van der Waals surface area contributed by atoms with Crippen LogP contribution in [0.1, 0.15) is 13.3 Å². The second-order valence-corrected chi connectivity index (χ2v) is 3.52. The minimum Gasteiger partial charge on any atom is -0.406 e. The SMILES string of the molecule is CCC(O)CNc1cccc(OC(F)(F)F)c1. The number of rotatable bonds is 5. The van der Waals surface area contributed by atoms with Gasteiger partial charge in [-0.05, 0) is 18.6 Å². The van der Waals surface area contributed by atoms with Crippen molar-refractivity contribution >= 4 is 5.69 Å². The first-order valence-electron chi connectivity index (χ1n) is 5.18. The van der Waals surface area contributed by atoms with E-state index in [1.807, 2.05) is 6.92 Å². The molecular formula is C11H14F3NO2. The Bertz CT molecular complexity index is 355. The lowest BCUT2D eigenvalue weighted by molar-refractivity contribution is -0.274. The van der Waals surface area contributed by atoms with Crippen molar-refractivity contribution in [3.8, 4) is 5.75 Å². The number of anilines is 1. The van der Waals surface area contributed by atoms with Gasteiger partial charge in [0.05, 0.1) is 6.10 Å². The van der Waals surface area contributed by atoms with E-state index in [0.29, 0.717) is 12.1 Å². The molecule has 96 valence electrons. The molecule has 1 unspecified atom stereocenters. The number of aliphatic hydroxyl groups is 1. The molecule has 0 saturated heterocycles. The Balaban J connectivity index is 2.60. The Labute approximate surface area is 97.2 Å². The van der Waals surface area contributed by atoms with E-state index >= 15 is 0 Å². The molecule has 0 aliphatic carbocycles. The fraction of sp³-hybridized carbons (Fsp3) is 0.455. The molecule has 0 amide bonds. The average Bonchev–Trinajstić information content (AvgIpc) is 2.24. The van der Waals surface area contributed by atoms with Crippen molar-refractivity contribution in [1.82, 2.24) is 0 Å². The summed E-state index contributed by atoms with van der Waals surface area (Å²) >= 11 is 0. The standard InChI is InChI=1S/C11H14F3NO2/c1-2-9(16)7-15-8-4-3-5-10(6-8)17-11(12,13)14/h3-6,9,15-16H,2,7H2,1H3. The molecule has 0 saturated carbocycles. The Hall–Kier alpha value is -1.43. The van der Waals surface area contributed by atoms with Crippen LogP contribution in [0.25, 0.3) is 0 Å². The van der Waals surface area contributed by atoms with Gasteiger partial charge in [0, 0.05) is 18.3 Å². The van der Waals surface area contributed by atoms with E-state index in [1.165, 1.54) is 18.2 Å². The lowest BCUT2D eigenvalue weighted by Gasteiger charge is -2.13.